The average molecular weight is 338 g/mol. The Morgan fingerprint density at radius 2 is 1.83 bits per heavy atom. The number of fused-ring (bicyclic) bond motifs is 1. The summed E-state index contributed by atoms with van der Waals surface area (Å²) in [6.07, 6.45) is 4.30. The zero-order valence-corrected chi connectivity index (χ0v) is 14.4. The summed E-state index contributed by atoms with van der Waals surface area (Å²) in [4.78, 5) is 16.5. The predicted octanol–water partition coefficient (Wildman–Crippen LogP) is 4.40. The molecule has 2 N–H and O–H groups in total. The minimum absolute atomic E-state index is 0.130. The SMILES string of the molecule is O=C(CCc1c[nH]c2ccccc12)NCCCSc1ccccc1. The van der Waals surface area contributed by atoms with Gasteiger partial charge >= 0.3 is 0 Å². The number of thioether (sulfide) groups is 1. The summed E-state index contributed by atoms with van der Waals surface area (Å²) in [5.41, 5.74) is 2.34. The molecule has 3 rings (SSSR count). The number of benzene rings is 2. The van der Waals surface area contributed by atoms with Gasteiger partial charge in [0.15, 0.2) is 0 Å². The third kappa shape index (κ3) is 4.65. The minimum Gasteiger partial charge on any atom is -0.361 e. The molecule has 3 aromatic rings. The van der Waals surface area contributed by atoms with Gasteiger partial charge in [-0.2, -0.15) is 0 Å². The van der Waals surface area contributed by atoms with E-state index in [4.69, 9.17) is 0 Å². The number of amides is 1. The summed E-state index contributed by atoms with van der Waals surface area (Å²) < 4.78 is 0. The number of aromatic amines is 1. The van der Waals surface area contributed by atoms with E-state index in [9.17, 15) is 4.79 Å². The van der Waals surface area contributed by atoms with Crippen LogP contribution in [0.3, 0.4) is 0 Å². The third-order valence-corrected chi connectivity index (χ3v) is 5.05. The molecule has 0 fully saturated rings. The van der Waals surface area contributed by atoms with E-state index >= 15 is 0 Å². The lowest BCUT2D eigenvalue weighted by Crippen LogP contribution is -2.24. The largest absolute Gasteiger partial charge is 0.361 e. The minimum atomic E-state index is 0.130. The fourth-order valence-electron chi connectivity index (χ4n) is 2.68. The van der Waals surface area contributed by atoms with Gasteiger partial charge in [0.25, 0.3) is 0 Å². The Kier molecular flexibility index (Phi) is 5.96. The fraction of sp³-hybridized carbons (Fsp3) is 0.250. The van der Waals surface area contributed by atoms with Crippen LogP contribution in [0.2, 0.25) is 0 Å². The van der Waals surface area contributed by atoms with Crippen molar-refractivity contribution in [3.05, 3.63) is 66.4 Å². The number of para-hydroxylation sites is 1. The molecule has 0 radical (unpaired) electrons. The Labute approximate surface area is 146 Å². The molecule has 0 saturated carbocycles. The van der Waals surface area contributed by atoms with Crippen LogP contribution in [-0.2, 0) is 11.2 Å². The number of nitrogens with one attached hydrogen (secondary N) is 2. The van der Waals surface area contributed by atoms with Crippen LogP contribution in [0.1, 0.15) is 18.4 Å². The molecular formula is C20H22N2OS. The molecule has 1 aromatic heterocycles. The predicted molar refractivity (Wildman–Crippen MR) is 101 cm³/mol. The highest BCUT2D eigenvalue weighted by Gasteiger charge is 2.06. The first-order valence-corrected chi connectivity index (χ1v) is 9.31. The summed E-state index contributed by atoms with van der Waals surface area (Å²) in [7, 11) is 0. The first-order chi connectivity index (χ1) is 11.8. The fourth-order valence-corrected chi connectivity index (χ4v) is 3.56. The monoisotopic (exact) mass is 338 g/mol. The summed E-state index contributed by atoms with van der Waals surface area (Å²) in [5, 5.41) is 4.23. The highest BCUT2D eigenvalue weighted by Crippen LogP contribution is 2.19. The molecule has 3 nitrogen and oxygen atoms in total. The number of hydrogen-bond donors (Lipinski definition) is 2. The van der Waals surface area contributed by atoms with Gasteiger partial charge in [-0.05, 0) is 42.4 Å². The van der Waals surface area contributed by atoms with Crippen LogP contribution in [0.25, 0.3) is 10.9 Å². The average Bonchev–Trinajstić information content (AvgIpc) is 3.04. The van der Waals surface area contributed by atoms with E-state index in [2.05, 4.69) is 46.7 Å². The standard InChI is InChI=1S/C20H22N2OS/c23-20(21-13-6-14-24-17-7-2-1-3-8-17)12-11-16-15-22-19-10-5-4-9-18(16)19/h1-5,7-10,15,22H,6,11-14H2,(H,21,23). The van der Waals surface area contributed by atoms with Gasteiger partial charge < -0.3 is 10.3 Å². The molecular weight excluding hydrogens is 316 g/mol. The second-order valence-corrected chi connectivity index (χ2v) is 6.89. The van der Waals surface area contributed by atoms with Crippen LogP contribution < -0.4 is 5.32 Å². The molecule has 0 aliphatic heterocycles. The maximum absolute atomic E-state index is 12.0. The van der Waals surface area contributed by atoms with E-state index in [-0.39, 0.29) is 5.91 Å². The molecule has 0 bridgehead atoms. The highest BCUT2D eigenvalue weighted by molar-refractivity contribution is 7.99. The van der Waals surface area contributed by atoms with E-state index in [1.807, 2.05) is 36.2 Å². The van der Waals surface area contributed by atoms with Crippen molar-refractivity contribution in [1.29, 1.82) is 0 Å². The van der Waals surface area contributed by atoms with Crippen molar-refractivity contribution in [2.24, 2.45) is 0 Å². The number of carbonyl (C=O) groups is 1. The molecule has 124 valence electrons. The number of aryl methyl sites for hydroxylation is 1. The van der Waals surface area contributed by atoms with Crippen molar-refractivity contribution in [3.8, 4) is 0 Å². The Morgan fingerprint density at radius 1 is 1.04 bits per heavy atom. The lowest BCUT2D eigenvalue weighted by molar-refractivity contribution is -0.121. The van der Waals surface area contributed by atoms with Crippen molar-refractivity contribution >= 4 is 28.6 Å². The molecule has 0 aliphatic carbocycles. The number of H-pyrrole nitrogens is 1. The molecule has 2 aromatic carbocycles. The van der Waals surface area contributed by atoms with E-state index in [0.29, 0.717) is 6.42 Å². The number of rotatable bonds is 8. The van der Waals surface area contributed by atoms with Gasteiger partial charge in [0.1, 0.15) is 0 Å². The normalized spacial score (nSPS) is 10.8. The third-order valence-electron chi connectivity index (χ3n) is 3.95. The van der Waals surface area contributed by atoms with E-state index in [0.717, 1.165) is 30.7 Å². The molecule has 0 spiro atoms. The van der Waals surface area contributed by atoms with Crippen molar-refractivity contribution in [3.63, 3.8) is 0 Å². The smallest absolute Gasteiger partial charge is 0.220 e. The van der Waals surface area contributed by atoms with Crippen molar-refractivity contribution in [2.45, 2.75) is 24.2 Å². The lowest BCUT2D eigenvalue weighted by atomic mass is 10.1. The van der Waals surface area contributed by atoms with Gasteiger partial charge in [0, 0.05) is 35.0 Å². The van der Waals surface area contributed by atoms with Crippen LogP contribution in [0.5, 0.6) is 0 Å². The van der Waals surface area contributed by atoms with Gasteiger partial charge in [-0.3, -0.25) is 4.79 Å². The van der Waals surface area contributed by atoms with Crippen molar-refractivity contribution < 1.29 is 4.79 Å². The molecule has 0 saturated heterocycles. The van der Waals surface area contributed by atoms with Gasteiger partial charge in [0.05, 0.1) is 0 Å². The van der Waals surface area contributed by atoms with Crippen LogP contribution >= 0.6 is 11.8 Å². The summed E-state index contributed by atoms with van der Waals surface area (Å²) in [6, 6.07) is 18.6. The summed E-state index contributed by atoms with van der Waals surface area (Å²) in [5.74, 6) is 1.15. The maximum Gasteiger partial charge on any atom is 0.220 e. The molecule has 0 atom stereocenters. The second kappa shape index (κ2) is 8.60. The van der Waals surface area contributed by atoms with E-state index in [1.54, 1.807) is 0 Å². The van der Waals surface area contributed by atoms with Crippen LogP contribution in [0.15, 0.2) is 65.7 Å². The lowest BCUT2D eigenvalue weighted by Gasteiger charge is -2.05. The van der Waals surface area contributed by atoms with Crippen molar-refractivity contribution in [2.75, 3.05) is 12.3 Å². The summed E-state index contributed by atoms with van der Waals surface area (Å²) in [6.45, 7) is 0.743. The van der Waals surface area contributed by atoms with E-state index in [1.165, 1.54) is 15.8 Å². The first-order valence-electron chi connectivity index (χ1n) is 8.32. The Bertz CT molecular complexity index is 782. The number of aromatic nitrogens is 1. The van der Waals surface area contributed by atoms with Gasteiger partial charge in [-0.1, -0.05) is 36.4 Å². The molecule has 0 unspecified atom stereocenters. The zero-order chi connectivity index (χ0) is 16.6. The number of carbonyl (C=O) groups excluding carboxylic acids is 1. The quantitative estimate of drug-likeness (QED) is 0.472. The molecule has 0 aliphatic rings. The summed E-state index contributed by atoms with van der Waals surface area (Å²) >= 11 is 1.83. The Hall–Kier alpha value is -2.20. The molecule has 24 heavy (non-hydrogen) atoms. The van der Waals surface area contributed by atoms with Gasteiger partial charge in [-0.25, -0.2) is 0 Å². The highest BCUT2D eigenvalue weighted by atomic mass is 32.2. The Morgan fingerprint density at radius 3 is 2.71 bits per heavy atom. The van der Waals surface area contributed by atoms with Crippen LogP contribution in [0.4, 0.5) is 0 Å². The topological polar surface area (TPSA) is 44.9 Å². The van der Waals surface area contributed by atoms with Crippen molar-refractivity contribution in [1.82, 2.24) is 10.3 Å². The van der Waals surface area contributed by atoms with Gasteiger partial charge in [-0.15, -0.1) is 11.8 Å². The molecule has 1 heterocycles. The maximum atomic E-state index is 12.0. The molecule has 4 heteroatoms. The Balaban J connectivity index is 1.34. The van der Waals surface area contributed by atoms with E-state index < -0.39 is 0 Å². The zero-order valence-electron chi connectivity index (χ0n) is 13.6. The second-order valence-electron chi connectivity index (χ2n) is 5.72. The van der Waals surface area contributed by atoms with Gasteiger partial charge in [0.2, 0.25) is 5.91 Å². The molecule has 1 amide bonds. The first kappa shape index (κ1) is 16.7. The van der Waals surface area contributed by atoms with Crippen LogP contribution in [0, 0.1) is 0 Å². The van der Waals surface area contributed by atoms with Crippen LogP contribution in [-0.4, -0.2) is 23.2 Å². The number of hydrogen-bond acceptors (Lipinski definition) is 2.